The van der Waals surface area contributed by atoms with Gasteiger partial charge in [-0.3, -0.25) is 0 Å². The van der Waals surface area contributed by atoms with Gasteiger partial charge in [0.1, 0.15) is 27.5 Å². The van der Waals surface area contributed by atoms with Crippen molar-refractivity contribution in [2.45, 2.75) is 24.3 Å². The molecule has 0 radical (unpaired) electrons. The predicted molar refractivity (Wildman–Crippen MR) is 121 cm³/mol. The van der Waals surface area contributed by atoms with Gasteiger partial charge < -0.3 is 20.4 Å². The van der Waals surface area contributed by atoms with Crippen molar-refractivity contribution in [2.75, 3.05) is 0 Å². The first kappa shape index (κ1) is 25.7. The Balaban J connectivity index is 0.00000324. The van der Waals surface area contributed by atoms with Gasteiger partial charge in [0.15, 0.2) is 5.60 Å². The Morgan fingerprint density at radius 3 is 1.71 bits per heavy atom. The normalized spacial score (nSPS) is 15.2. The zero-order chi connectivity index (χ0) is 24.3. The van der Waals surface area contributed by atoms with E-state index in [4.69, 9.17) is 4.18 Å². The van der Waals surface area contributed by atoms with Gasteiger partial charge in [-0.15, -0.1) is 0 Å². The van der Waals surface area contributed by atoms with Crippen LogP contribution in [0.5, 0.6) is 11.5 Å². The summed E-state index contributed by atoms with van der Waals surface area (Å²) in [6.45, 7) is 2.89. The fourth-order valence-corrected chi connectivity index (χ4v) is 5.52. The standard InChI is InChI=1S/C23H18O9S.Na.H/c1-11-7-13(9-15(19(11)24)21(26)27)23(14-8-12(2)20(25)16(10-14)22(28)29)17-5-3-4-6-18(17)33(30,31)32-23;;/h3-10,24-25H,1-2H3,(H,26,27)(H,28,29);;. The first-order valence-corrected chi connectivity index (χ1v) is 11.0. The summed E-state index contributed by atoms with van der Waals surface area (Å²) in [6, 6.07) is 10.8. The average molecular weight is 494 g/mol. The molecule has 172 valence electrons. The fourth-order valence-electron chi connectivity index (χ4n) is 4.10. The van der Waals surface area contributed by atoms with Gasteiger partial charge in [-0.05, 0) is 66.4 Å². The summed E-state index contributed by atoms with van der Waals surface area (Å²) in [5.74, 6) is -3.89. The van der Waals surface area contributed by atoms with Crippen LogP contribution in [0, 0.1) is 13.8 Å². The number of carboxylic acids is 2. The first-order chi connectivity index (χ1) is 15.4. The number of aromatic carboxylic acids is 2. The van der Waals surface area contributed by atoms with Crippen LogP contribution < -0.4 is 0 Å². The average Bonchev–Trinajstić information content (AvgIpc) is 3.00. The molecule has 4 N–H and O–H groups in total. The predicted octanol–water partition coefficient (Wildman–Crippen LogP) is 2.47. The van der Waals surface area contributed by atoms with Crippen LogP contribution in [0.1, 0.15) is 48.5 Å². The molecule has 0 aromatic heterocycles. The molecule has 0 amide bonds. The number of rotatable bonds is 4. The molecule has 11 heteroatoms. The van der Waals surface area contributed by atoms with E-state index in [1.165, 1.54) is 44.2 Å². The molecule has 0 bridgehead atoms. The summed E-state index contributed by atoms with van der Waals surface area (Å²) in [5, 5.41) is 39.6. The molecule has 9 nitrogen and oxygen atoms in total. The molecule has 1 aliphatic rings. The summed E-state index contributed by atoms with van der Waals surface area (Å²) in [5.41, 5.74) is -2.43. The van der Waals surface area contributed by atoms with Crippen LogP contribution in [-0.4, -0.2) is 70.3 Å². The van der Waals surface area contributed by atoms with Gasteiger partial charge in [-0.1, -0.05) is 18.2 Å². The van der Waals surface area contributed by atoms with E-state index in [9.17, 15) is 38.4 Å². The Labute approximate surface area is 216 Å². The zero-order valence-corrected chi connectivity index (χ0v) is 18.2. The van der Waals surface area contributed by atoms with Gasteiger partial charge in [0, 0.05) is 5.56 Å². The van der Waals surface area contributed by atoms with Crippen LogP contribution in [-0.2, 0) is 19.9 Å². The van der Waals surface area contributed by atoms with E-state index < -0.39 is 50.3 Å². The minimum absolute atomic E-state index is 0. The van der Waals surface area contributed by atoms with Gasteiger partial charge in [-0.2, -0.15) is 8.42 Å². The van der Waals surface area contributed by atoms with Crippen molar-refractivity contribution in [1.82, 2.24) is 0 Å². The third-order valence-corrected chi connectivity index (χ3v) is 7.01. The second-order valence-electron chi connectivity index (χ2n) is 7.70. The van der Waals surface area contributed by atoms with E-state index in [1.54, 1.807) is 6.07 Å². The second kappa shape index (κ2) is 8.71. The van der Waals surface area contributed by atoms with E-state index >= 15 is 0 Å². The van der Waals surface area contributed by atoms with Crippen molar-refractivity contribution in [2.24, 2.45) is 0 Å². The van der Waals surface area contributed by atoms with Crippen LogP contribution in [0.3, 0.4) is 0 Å². The molecule has 0 unspecified atom stereocenters. The fraction of sp³-hybridized carbons (Fsp3) is 0.130. The summed E-state index contributed by atoms with van der Waals surface area (Å²) < 4.78 is 31.7. The second-order valence-corrected chi connectivity index (χ2v) is 9.22. The van der Waals surface area contributed by atoms with Crippen molar-refractivity contribution in [3.63, 3.8) is 0 Å². The van der Waals surface area contributed by atoms with Gasteiger partial charge >= 0.3 is 41.5 Å². The number of fused-ring (bicyclic) bond motifs is 1. The summed E-state index contributed by atoms with van der Waals surface area (Å²) >= 11 is 0. The Hall–Kier alpha value is -2.89. The van der Waals surface area contributed by atoms with E-state index in [-0.39, 0.29) is 62.3 Å². The molecular weight excluding hydrogens is 475 g/mol. The first-order valence-electron chi connectivity index (χ1n) is 9.60. The number of hydrogen-bond acceptors (Lipinski definition) is 7. The molecular formula is C23H19NaO9S. The van der Waals surface area contributed by atoms with Crippen molar-refractivity contribution in [3.8, 4) is 11.5 Å². The van der Waals surface area contributed by atoms with E-state index in [1.807, 2.05) is 0 Å². The molecule has 4 rings (SSSR count). The molecule has 1 heterocycles. The van der Waals surface area contributed by atoms with Gasteiger partial charge in [0.2, 0.25) is 0 Å². The van der Waals surface area contributed by atoms with E-state index in [2.05, 4.69) is 0 Å². The number of carbonyl (C=O) groups is 2. The Morgan fingerprint density at radius 2 is 1.26 bits per heavy atom. The molecule has 0 saturated heterocycles. The van der Waals surface area contributed by atoms with Crippen LogP contribution in [0.2, 0.25) is 0 Å². The van der Waals surface area contributed by atoms with Crippen LogP contribution in [0.25, 0.3) is 0 Å². The maximum absolute atomic E-state index is 13.0. The summed E-state index contributed by atoms with van der Waals surface area (Å²) in [6.07, 6.45) is 0. The zero-order valence-electron chi connectivity index (χ0n) is 17.4. The molecule has 0 aliphatic carbocycles. The number of aromatic hydroxyl groups is 2. The van der Waals surface area contributed by atoms with Gasteiger partial charge in [-0.25, -0.2) is 13.8 Å². The Bertz CT molecular complexity index is 1390. The minimum atomic E-state index is -4.34. The molecule has 1 aliphatic heterocycles. The quantitative estimate of drug-likeness (QED) is 0.316. The molecule has 3 aromatic carbocycles. The number of phenols is 2. The maximum atomic E-state index is 13.0. The number of aryl methyl sites for hydroxylation is 2. The van der Waals surface area contributed by atoms with Crippen molar-refractivity contribution < 1.29 is 42.6 Å². The monoisotopic (exact) mass is 494 g/mol. The topological polar surface area (TPSA) is 158 Å². The molecule has 3 aromatic rings. The van der Waals surface area contributed by atoms with Crippen molar-refractivity contribution >= 4 is 51.6 Å². The van der Waals surface area contributed by atoms with Crippen molar-refractivity contribution in [3.05, 3.63) is 87.5 Å². The van der Waals surface area contributed by atoms with Gasteiger partial charge in [0.25, 0.3) is 10.1 Å². The summed E-state index contributed by atoms with van der Waals surface area (Å²) in [4.78, 5) is 23.4. The molecule has 0 fully saturated rings. The SMILES string of the molecule is Cc1cc(C2(c3cc(C)c(O)c(C(=O)O)c3)OS(=O)(=O)c3ccccc32)cc(C(=O)O)c1O.[NaH]. The number of carboxylic acid groups (broad SMARTS) is 2. The van der Waals surface area contributed by atoms with E-state index in [0.717, 1.165) is 12.1 Å². The third-order valence-electron chi connectivity index (χ3n) is 5.65. The number of benzene rings is 3. The molecule has 0 atom stereocenters. The molecule has 34 heavy (non-hydrogen) atoms. The van der Waals surface area contributed by atoms with Crippen molar-refractivity contribution in [1.29, 1.82) is 0 Å². The van der Waals surface area contributed by atoms with Crippen LogP contribution in [0.4, 0.5) is 0 Å². The third kappa shape index (κ3) is 3.77. The summed E-state index contributed by atoms with van der Waals surface area (Å²) in [7, 11) is -4.34. The van der Waals surface area contributed by atoms with E-state index in [0.29, 0.717) is 0 Å². The molecule has 0 spiro atoms. The number of hydrogen-bond donors (Lipinski definition) is 4. The molecule has 0 saturated carbocycles. The Kier molecular flexibility index (Phi) is 6.59. The van der Waals surface area contributed by atoms with Crippen LogP contribution in [0.15, 0.2) is 53.4 Å². The Morgan fingerprint density at radius 1 is 0.824 bits per heavy atom. The van der Waals surface area contributed by atoms with Crippen LogP contribution >= 0.6 is 0 Å². The van der Waals surface area contributed by atoms with Gasteiger partial charge in [0.05, 0.1) is 0 Å².